The molecule has 100 valence electrons. The maximum atomic E-state index is 6.18. The number of rotatable bonds is 3. The van der Waals surface area contributed by atoms with Crippen LogP contribution in [-0.4, -0.2) is 9.78 Å². The van der Waals surface area contributed by atoms with Crippen LogP contribution in [-0.2, 0) is 0 Å². The maximum absolute atomic E-state index is 6.18. The Morgan fingerprint density at radius 2 is 1.55 bits per heavy atom. The Morgan fingerprint density at radius 3 is 2.20 bits per heavy atom. The minimum Gasteiger partial charge on any atom is -0.395 e. The Hall–Kier alpha value is -2.20. The number of hydrogen-bond acceptors (Lipinski definition) is 3. The lowest BCUT2D eigenvalue weighted by Gasteiger charge is -2.07. The highest BCUT2D eigenvalue weighted by Gasteiger charge is 2.15. The number of nitrogen functional groups attached to an aromatic ring is 1. The van der Waals surface area contributed by atoms with Gasteiger partial charge in [0.2, 0.25) is 0 Å². The topological polar surface area (TPSA) is 43.8 Å². The Kier molecular flexibility index (Phi) is 3.48. The minimum atomic E-state index is 0.739. The Balaban J connectivity index is 2.06. The van der Waals surface area contributed by atoms with E-state index in [1.165, 1.54) is 0 Å². The van der Waals surface area contributed by atoms with Crippen molar-refractivity contribution in [3.8, 4) is 5.69 Å². The lowest BCUT2D eigenvalue weighted by Crippen LogP contribution is -1.98. The number of nitrogens with zero attached hydrogens (tertiary/aromatic N) is 2. The first-order chi connectivity index (χ1) is 9.75. The molecule has 0 bridgehead atoms. The standard InChI is InChI=1S/C16H15N3S/c1-12-15(17)16(20-14-10-6-3-7-11-14)19(18-12)13-8-4-2-5-9-13/h2-11H,17H2,1H3. The molecule has 3 rings (SSSR count). The van der Waals surface area contributed by atoms with Gasteiger partial charge < -0.3 is 5.73 Å². The van der Waals surface area contributed by atoms with Gasteiger partial charge in [0.05, 0.1) is 17.1 Å². The van der Waals surface area contributed by atoms with Crippen LogP contribution in [0.2, 0.25) is 0 Å². The molecule has 0 fully saturated rings. The first kappa shape index (κ1) is 12.8. The van der Waals surface area contributed by atoms with Gasteiger partial charge in [-0.1, -0.05) is 48.2 Å². The van der Waals surface area contributed by atoms with E-state index in [2.05, 4.69) is 17.2 Å². The van der Waals surface area contributed by atoms with Crippen molar-refractivity contribution in [2.45, 2.75) is 16.8 Å². The van der Waals surface area contributed by atoms with Gasteiger partial charge in [0, 0.05) is 4.90 Å². The molecule has 0 spiro atoms. The lowest BCUT2D eigenvalue weighted by molar-refractivity contribution is 0.794. The van der Waals surface area contributed by atoms with Crippen LogP contribution in [0.3, 0.4) is 0 Å². The lowest BCUT2D eigenvalue weighted by atomic mass is 10.3. The number of aromatic nitrogens is 2. The van der Waals surface area contributed by atoms with Crippen LogP contribution in [0.25, 0.3) is 5.69 Å². The number of benzene rings is 2. The van der Waals surface area contributed by atoms with Crippen molar-refractivity contribution in [2.24, 2.45) is 0 Å². The van der Waals surface area contributed by atoms with Gasteiger partial charge >= 0.3 is 0 Å². The Bertz CT molecular complexity index is 705. The van der Waals surface area contributed by atoms with Crippen LogP contribution >= 0.6 is 11.8 Å². The molecule has 0 amide bonds. The third kappa shape index (κ3) is 2.42. The predicted molar refractivity (Wildman–Crippen MR) is 83.3 cm³/mol. The number of para-hydroxylation sites is 1. The summed E-state index contributed by atoms with van der Waals surface area (Å²) in [6.45, 7) is 1.93. The van der Waals surface area contributed by atoms with Gasteiger partial charge in [-0.05, 0) is 31.2 Å². The van der Waals surface area contributed by atoms with Gasteiger partial charge in [0.15, 0.2) is 0 Å². The minimum absolute atomic E-state index is 0.739. The average molecular weight is 281 g/mol. The third-order valence-corrected chi connectivity index (χ3v) is 4.12. The predicted octanol–water partition coefficient (Wildman–Crippen LogP) is 3.91. The van der Waals surface area contributed by atoms with Gasteiger partial charge in [0.1, 0.15) is 5.03 Å². The summed E-state index contributed by atoms with van der Waals surface area (Å²) in [6, 6.07) is 20.2. The molecule has 0 aliphatic rings. The van der Waals surface area contributed by atoms with Crippen molar-refractivity contribution in [1.82, 2.24) is 9.78 Å². The summed E-state index contributed by atoms with van der Waals surface area (Å²) in [6.07, 6.45) is 0. The molecule has 2 aromatic carbocycles. The molecule has 20 heavy (non-hydrogen) atoms. The largest absolute Gasteiger partial charge is 0.395 e. The molecule has 0 saturated carbocycles. The molecular formula is C16H15N3S. The van der Waals surface area contributed by atoms with Gasteiger partial charge in [-0.3, -0.25) is 0 Å². The summed E-state index contributed by atoms with van der Waals surface area (Å²) in [5, 5.41) is 5.51. The van der Waals surface area contributed by atoms with Gasteiger partial charge in [-0.15, -0.1) is 0 Å². The molecule has 2 N–H and O–H groups in total. The molecule has 1 aromatic heterocycles. The molecule has 0 aliphatic heterocycles. The van der Waals surface area contributed by atoms with Crippen LogP contribution in [0.1, 0.15) is 5.69 Å². The average Bonchev–Trinajstić information content (AvgIpc) is 2.78. The van der Waals surface area contributed by atoms with E-state index in [0.29, 0.717) is 0 Å². The second kappa shape index (κ2) is 5.43. The highest BCUT2D eigenvalue weighted by atomic mass is 32.2. The molecule has 0 atom stereocenters. The first-order valence-electron chi connectivity index (χ1n) is 6.39. The van der Waals surface area contributed by atoms with Crippen LogP contribution in [0.15, 0.2) is 70.6 Å². The zero-order chi connectivity index (χ0) is 13.9. The van der Waals surface area contributed by atoms with Gasteiger partial charge in [-0.2, -0.15) is 5.10 Å². The van der Waals surface area contributed by atoms with E-state index in [1.54, 1.807) is 11.8 Å². The maximum Gasteiger partial charge on any atom is 0.128 e. The Morgan fingerprint density at radius 1 is 0.950 bits per heavy atom. The molecule has 0 aliphatic carbocycles. The first-order valence-corrected chi connectivity index (χ1v) is 7.21. The van der Waals surface area contributed by atoms with E-state index < -0.39 is 0 Å². The fourth-order valence-electron chi connectivity index (χ4n) is 1.96. The van der Waals surface area contributed by atoms with E-state index in [0.717, 1.165) is 27.0 Å². The quantitative estimate of drug-likeness (QED) is 0.791. The van der Waals surface area contributed by atoms with E-state index in [9.17, 15) is 0 Å². The fraction of sp³-hybridized carbons (Fsp3) is 0.0625. The zero-order valence-electron chi connectivity index (χ0n) is 11.2. The highest BCUT2D eigenvalue weighted by molar-refractivity contribution is 7.99. The smallest absolute Gasteiger partial charge is 0.128 e. The van der Waals surface area contributed by atoms with Crippen molar-refractivity contribution in [1.29, 1.82) is 0 Å². The van der Waals surface area contributed by atoms with E-state index in [-0.39, 0.29) is 0 Å². The van der Waals surface area contributed by atoms with E-state index >= 15 is 0 Å². The van der Waals surface area contributed by atoms with Crippen molar-refractivity contribution >= 4 is 17.4 Å². The summed E-state index contributed by atoms with van der Waals surface area (Å²) in [4.78, 5) is 1.15. The molecule has 3 aromatic rings. The molecule has 3 nitrogen and oxygen atoms in total. The zero-order valence-corrected chi connectivity index (χ0v) is 12.0. The summed E-state index contributed by atoms with van der Waals surface area (Å²) in [7, 11) is 0. The van der Waals surface area contributed by atoms with E-state index in [4.69, 9.17) is 5.73 Å². The second-order valence-electron chi connectivity index (χ2n) is 4.47. The monoisotopic (exact) mass is 281 g/mol. The van der Waals surface area contributed by atoms with E-state index in [1.807, 2.05) is 60.1 Å². The van der Waals surface area contributed by atoms with Crippen LogP contribution in [0.4, 0.5) is 5.69 Å². The molecule has 0 unspecified atom stereocenters. The van der Waals surface area contributed by atoms with Crippen molar-refractivity contribution in [3.63, 3.8) is 0 Å². The normalized spacial score (nSPS) is 10.7. The summed E-state index contributed by atoms with van der Waals surface area (Å²) >= 11 is 1.63. The molecular weight excluding hydrogens is 266 g/mol. The highest BCUT2D eigenvalue weighted by Crippen LogP contribution is 2.35. The van der Waals surface area contributed by atoms with Crippen LogP contribution < -0.4 is 5.73 Å². The summed E-state index contributed by atoms with van der Waals surface area (Å²) in [5.74, 6) is 0. The molecule has 4 heteroatoms. The van der Waals surface area contributed by atoms with Crippen molar-refractivity contribution in [2.75, 3.05) is 5.73 Å². The fourth-order valence-corrected chi connectivity index (χ4v) is 2.97. The number of aryl methyl sites for hydroxylation is 1. The molecule has 0 radical (unpaired) electrons. The Labute approximate surface area is 122 Å². The summed E-state index contributed by atoms with van der Waals surface area (Å²) in [5.41, 5.74) is 8.80. The van der Waals surface area contributed by atoms with Crippen molar-refractivity contribution in [3.05, 3.63) is 66.4 Å². The SMILES string of the molecule is Cc1nn(-c2ccccc2)c(Sc2ccccc2)c1N. The van der Waals surface area contributed by atoms with Crippen LogP contribution in [0, 0.1) is 6.92 Å². The second-order valence-corrected chi connectivity index (χ2v) is 5.53. The molecule has 1 heterocycles. The number of hydrogen-bond donors (Lipinski definition) is 1. The molecule has 0 saturated heterocycles. The van der Waals surface area contributed by atoms with Crippen LogP contribution in [0.5, 0.6) is 0 Å². The van der Waals surface area contributed by atoms with Gasteiger partial charge in [0.25, 0.3) is 0 Å². The third-order valence-electron chi connectivity index (χ3n) is 3.02. The summed E-state index contributed by atoms with van der Waals surface area (Å²) < 4.78 is 1.91. The van der Waals surface area contributed by atoms with Crippen molar-refractivity contribution < 1.29 is 0 Å². The van der Waals surface area contributed by atoms with Gasteiger partial charge in [-0.25, -0.2) is 4.68 Å². The number of anilines is 1. The number of nitrogens with two attached hydrogens (primary N) is 1.